The van der Waals surface area contributed by atoms with E-state index in [0.29, 0.717) is 23.5 Å². The van der Waals surface area contributed by atoms with Gasteiger partial charge in [0.05, 0.1) is 14.2 Å². The Kier molecular flexibility index (Phi) is 4.62. The molecule has 0 saturated carbocycles. The van der Waals surface area contributed by atoms with E-state index in [-0.39, 0.29) is 11.2 Å². The molecule has 0 radical (unpaired) electrons. The molecule has 1 unspecified atom stereocenters. The van der Waals surface area contributed by atoms with Crippen molar-refractivity contribution < 1.29 is 14.3 Å². The van der Waals surface area contributed by atoms with Crippen LogP contribution < -0.4 is 9.47 Å². The highest BCUT2D eigenvalue weighted by molar-refractivity contribution is 6.22. The molecule has 0 bridgehead atoms. The lowest BCUT2D eigenvalue weighted by atomic mass is 10.1. The lowest BCUT2D eigenvalue weighted by Gasteiger charge is -2.09. The molecule has 88 valence electrons. The van der Waals surface area contributed by atoms with E-state index in [9.17, 15) is 4.79 Å². The maximum Gasteiger partial charge on any atom is 0.164 e. The van der Waals surface area contributed by atoms with Crippen LogP contribution in [0.5, 0.6) is 11.5 Å². The van der Waals surface area contributed by atoms with Gasteiger partial charge < -0.3 is 9.47 Å². The predicted molar refractivity (Wildman–Crippen MR) is 63.8 cm³/mol. The van der Waals surface area contributed by atoms with E-state index in [1.807, 2.05) is 0 Å². The third-order valence-electron chi connectivity index (χ3n) is 2.17. The molecule has 0 spiro atoms. The summed E-state index contributed by atoms with van der Waals surface area (Å²) in [6, 6.07) is 5.09. The second-order valence-corrected chi connectivity index (χ2v) is 4.22. The molecule has 0 saturated heterocycles. The molecule has 16 heavy (non-hydrogen) atoms. The minimum Gasteiger partial charge on any atom is -0.493 e. The Balaban J connectivity index is 2.94. The van der Waals surface area contributed by atoms with E-state index in [1.165, 1.54) is 7.11 Å². The number of Topliss-reactive ketones (excluding diaryl/α,β-unsaturated/α-hetero) is 1. The summed E-state index contributed by atoms with van der Waals surface area (Å²) in [4.78, 5) is 11.7. The maximum absolute atomic E-state index is 11.7. The Labute approximate surface area is 100 Å². The quantitative estimate of drug-likeness (QED) is 0.588. The van der Waals surface area contributed by atoms with Crippen LogP contribution in [0.2, 0.25) is 0 Å². The smallest absolute Gasteiger partial charge is 0.164 e. The van der Waals surface area contributed by atoms with Crippen LogP contribution in [0.3, 0.4) is 0 Å². The number of ether oxygens (including phenoxy) is 2. The van der Waals surface area contributed by atoms with Crippen LogP contribution in [0.15, 0.2) is 18.2 Å². The topological polar surface area (TPSA) is 35.5 Å². The molecule has 0 aliphatic rings. The summed E-state index contributed by atoms with van der Waals surface area (Å²) in [6.07, 6.45) is 0.317. The van der Waals surface area contributed by atoms with Gasteiger partial charge in [-0.3, -0.25) is 4.79 Å². The van der Waals surface area contributed by atoms with Gasteiger partial charge in [0.25, 0.3) is 0 Å². The van der Waals surface area contributed by atoms with Gasteiger partial charge in [-0.2, -0.15) is 0 Å². The van der Waals surface area contributed by atoms with Gasteiger partial charge in [0, 0.05) is 17.4 Å². The van der Waals surface area contributed by atoms with Gasteiger partial charge in [0.15, 0.2) is 17.3 Å². The van der Waals surface area contributed by atoms with Crippen molar-refractivity contribution in [2.75, 3.05) is 14.2 Å². The normalized spacial score (nSPS) is 12.0. The largest absolute Gasteiger partial charge is 0.493 e. The molecule has 1 rings (SSSR count). The minimum atomic E-state index is -0.166. The molecule has 0 amide bonds. The standard InChI is InChI=1S/C12H15ClO3/c1-8(13)6-10(14)9-4-5-11(15-2)12(7-9)16-3/h4-5,7-8H,6H2,1-3H3. The van der Waals surface area contributed by atoms with Crippen molar-refractivity contribution in [2.45, 2.75) is 18.7 Å². The first-order chi connectivity index (χ1) is 7.58. The summed E-state index contributed by atoms with van der Waals surface area (Å²) < 4.78 is 10.2. The van der Waals surface area contributed by atoms with E-state index >= 15 is 0 Å². The zero-order valence-electron chi connectivity index (χ0n) is 9.62. The van der Waals surface area contributed by atoms with Gasteiger partial charge in [-0.25, -0.2) is 0 Å². The molecule has 0 fully saturated rings. The van der Waals surface area contributed by atoms with Crippen LogP contribution in [0.1, 0.15) is 23.7 Å². The second kappa shape index (κ2) is 5.75. The van der Waals surface area contributed by atoms with Gasteiger partial charge in [-0.15, -0.1) is 11.6 Å². The Morgan fingerprint density at radius 1 is 1.31 bits per heavy atom. The van der Waals surface area contributed by atoms with Crippen molar-refractivity contribution in [2.24, 2.45) is 0 Å². The van der Waals surface area contributed by atoms with Crippen molar-refractivity contribution in [1.82, 2.24) is 0 Å². The number of methoxy groups -OCH3 is 2. The summed E-state index contributed by atoms with van der Waals surface area (Å²) in [7, 11) is 3.09. The monoisotopic (exact) mass is 242 g/mol. The first kappa shape index (κ1) is 12.8. The highest BCUT2D eigenvalue weighted by Gasteiger charge is 2.12. The maximum atomic E-state index is 11.7. The fraction of sp³-hybridized carbons (Fsp3) is 0.417. The number of hydrogen-bond donors (Lipinski definition) is 0. The summed E-state index contributed by atoms with van der Waals surface area (Å²) in [5, 5.41) is -0.166. The fourth-order valence-corrected chi connectivity index (χ4v) is 1.52. The van der Waals surface area contributed by atoms with E-state index in [0.717, 1.165) is 0 Å². The number of ketones is 1. The second-order valence-electron chi connectivity index (χ2n) is 3.48. The van der Waals surface area contributed by atoms with Gasteiger partial charge in [0.2, 0.25) is 0 Å². The van der Waals surface area contributed by atoms with Crippen LogP contribution in [-0.4, -0.2) is 25.4 Å². The molecule has 0 aliphatic carbocycles. The third-order valence-corrected chi connectivity index (χ3v) is 2.33. The lowest BCUT2D eigenvalue weighted by molar-refractivity contribution is 0.0982. The number of rotatable bonds is 5. The highest BCUT2D eigenvalue weighted by atomic mass is 35.5. The Bertz CT molecular complexity index is 375. The van der Waals surface area contributed by atoms with Gasteiger partial charge >= 0.3 is 0 Å². The van der Waals surface area contributed by atoms with E-state index in [4.69, 9.17) is 21.1 Å². The number of benzene rings is 1. The van der Waals surface area contributed by atoms with Crippen LogP contribution in [0.4, 0.5) is 0 Å². The van der Waals surface area contributed by atoms with Gasteiger partial charge in [-0.05, 0) is 25.1 Å². The molecule has 3 nitrogen and oxygen atoms in total. The van der Waals surface area contributed by atoms with Crippen LogP contribution in [0.25, 0.3) is 0 Å². The Morgan fingerprint density at radius 2 is 1.94 bits per heavy atom. The SMILES string of the molecule is COc1ccc(C(=O)CC(C)Cl)cc1OC. The molecule has 0 aliphatic heterocycles. The minimum absolute atomic E-state index is 0.00320. The summed E-state index contributed by atoms with van der Waals surface area (Å²) in [5.74, 6) is 1.16. The molecule has 1 atom stereocenters. The molecular formula is C12H15ClO3. The fourth-order valence-electron chi connectivity index (χ4n) is 1.38. The summed E-state index contributed by atoms with van der Waals surface area (Å²) in [6.45, 7) is 1.79. The first-order valence-corrected chi connectivity index (χ1v) is 5.41. The lowest BCUT2D eigenvalue weighted by Crippen LogP contribution is -2.05. The zero-order chi connectivity index (χ0) is 12.1. The highest BCUT2D eigenvalue weighted by Crippen LogP contribution is 2.28. The average Bonchev–Trinajstić information content (AvgIpc) is 2.27. The molecule has 4 heteroatoms. The van der Waals surface area contributed by atoms with Gasteiger partial charge in [-0.1, -0.05) is 0 Å². The number of carbonyl (C=O) groups excluding carboxylic acids is 1. The predicted octanol–water partition coefficient (Wildman–Crippen LogP) is 2.90. The van der Waals surface area contributed by atoms with E-state index in [2.05, 4.69) is 0 Å². The molecular weight excluding hydrogens is 228 g/mol. The average molecular weight is 243 g/mol. The summed E-state index contributed by atoms with van der Waals surface area (Å²) in [5.41, 5.74) is 0.588. The zero-order valence-corrected chi connectivity index (χ0v) is 10.4. The number of halogens is 1. The first-order valence-electron chi connectivity index (χ1n) is 4.97. The molecule has 1 aromatic carbocycles. The van der Waals surface area contributed by atoms with Gasteiger partial charge in [0.1, 0.15) is 0 Å². The van der Waals surface area contributed by atoms with E-state index in [1.54, 1.807) is 32.2 Å². The number of hydrogen-bond acceptors (Lipinski definition) is 3. The van der Waals surface area contributed by atoms with Crippen molar-refractivity contribution >= 4 is 17.4 Å². The van der Waals surface area contributed by atoms with Crippen molar-refractivity contribution in [3.8, 4) is 11.5 Å². The Morgan fingerprint density at radius 3 is 2.44 bits per heavy atom. The third kappa shape index (κ3) is 3.14. The van der Waals surface area contributed by atoms with Crippen molar-refractivity contribution in [1.29, 1.82) is 0 Å². The van der Waals surface area contributed by atoms with Crippen LogP contribution in [0, 0.1) is 0 Å². The summed E-state index contributed by atoms with van der Waals surface area (Å²) >= 11 is 5.78. The molecule has 1 aromatic rings. The van der Waals surface area contributed by atoms with E-state index < -0.39 is 0 Å². The molecule has 0 heterocycles. The molecule has 0 N–H and O–H groups in total. The van der Waals surface area contributed by atoms with Crippen molar-refractivity contribution in [3.63, 3.8) is 0 Å². The molecule has 0 aromatic heterocycles. The number of alkyl halides is 1. The van der Waals surface area contributed by atoms with Crippen molar-refractivity contribution in [3.05, 3.63) is 23.8 Å². The van der Waals surface area contributed by atoms with Crippen LogP contribution in [-0.2, 0) is 0 Å². The Hall–Kier alpha value is -1.22. The number of carbonyl (C=O) groups is 1. The van der Waals surface area contributed by atoms with Crippen LogP contribution >= 0.6 is 11.6 Å².